The van der Waals surface area contributed by atoms with Crippen molar-refractivity contribution in [2.75, 3.05) is 5.32 Å². The van der Waals surface area contributed by atoms with Crippen LogP contribution in [0.3, 0.4) is 0 Å². The predicted molar refractivity (Wildman–Crippen MR) is 122 cm³/mol. The summed E-state index contributed by atoms with van der Waals surface area (Å²) in [5.41, 5.74) is 3.85. The molecule has 0 bridgehead atoms. The zero-order valence-electron chi connectivity index (χ0n) is 17.2. The fraction of sp³-hybridized carbons (Fsp3) is 0.167. The van der Waals surface area contributed by atoms with Crippen LogP contribution in [0.1, 0.15) is 22.5 Å². The first kappa shape index (κ1) is 20.8. The highest BCUT2D eigenvalue weighted by Gasteiger charge is 2.18. The van der Waals surface area contributed by atoms with E-state index in [-0.39, 0.29) is 24.7 Å². The maximum Gasteiger partial charge on any atom is 0.322 e. The molecule has 0 spiro atoms. The van der Waals surface area contributed by atoms with Crippen LogP contribution in [0.5, 0.6) is 0 Å². The van der Waals surface area contributed by atoms with Crippen LogP contribution in [0.25, 0.3) is 10.9 Å². The summed E-state index contributed by atoms with van der Waals surface area (Å²) in [6.07, 6.45) is 1.55. The Morgan fingerprint density at radius 2 is 1.87 bits per heavy atom. The van der Waals surface area contributed by atoms with E-state index in [1.54, 1.807) is 42.7 Å². The van der Waals surface area contributed by atoms with E-state index in [0.29, 0.717) is 22.0 Å². The molecule has 0 atom stereocenters. The van der Waals surface area contributed by atoms with Gasteiger partial charge >= 0.3 is 6.03 Å². The number of carbonyl (C=O) groups excluding carboxylic acids is 1. The lowest BCUT2D eigenvalue weighted by Crippen LogP contribution is -2.35. The highest BCUT2D eigenvalue weighted by Crippen LogP contribution is 2.20. The average Bonchev–Trinajstić information content (AvgIpc) is 3.23. The summed E-state index contributed by atoms with van der Waals surface area (Å²) in [7, 11) is 0. The lowest BCUT2D eigenvalue weighted by atomic mass is 10.0. The molecule has 7 heteroatoms. The zero-order chi connectivity index (χ0) is 22.0. The number of H-pyrrole nitrogens is 1. The number of anilines is 1. The van der Waals surface area contributed by atoms with E-state index in [0.717, 1.165) is 22.0 Å². The van der Waals surface area contributed by atoms with E-state index >= 15 is 0 Å². The number of urea groups is 1. The SMILES string of the molecule is Cc1cc2cc(CN(Cc3ccco3)C(=O)Nc3cccc(Cl)c3)c(=O)[nH]c2cc1C. The number of aryl methyl sites for hydroxylation is 2. The van der Waals surface area contributed by atoms with Crippen LogP contribution in [0, 0.1) is 13.8 Å². The Morgan fingerprint density at radius 1 is 1.06 bits per heavy atom. The summed E-state index contributed by atoms with van der Waals surface area (Å²) in [5, 5.41) is 4.28. The minimum Gasteiger partial charge on any atom is -0.467 e. The smallest absolute Gasteiger partial charge is 0.322 e. The van der Waals surface area contributed by atoms with Crippen LogP contribution in [0.4, 0.5) is 10.5 Å². The number of hydrogen-bond donors (Lipinski definition) is 2. The topological polar surface area (TPSA) is 78.3 Å². The van der Waals surface area contributed by atoms with Gasteiger partial charge in [-0.05, 0) is 78.9 Å². The minimum absolute atomic E-state index is 0.116. The minimum atomic E-state index is -0.363. The number of carbonyl (C=O) groups is 1. The number of hydrogen-bond acceptors (Lipinski definition) is 3. The molecule has 0 saturated heterocycles. The monoisotopic (exact) mass is 435 g/mol. The summed E-state index contributed by atoms with van der Waals surface area (Å²) >= 11 is 6.03. The second kappa shape index (κ2) is 8.70. The Bertz CT molecular complexity index is 1300. The Morgan fingerprint density at radius 3 is 2.61 bits per heavy atom. The van der Waals surface area contributed by atoms with Gasteiger partial charge in [-0.25, -0.2) is 4.79 Å². The Balaban J connectivity index is 1.65. The van der Waals surface area contributed by atoms with Crippen LogP contribution in [-0.4, -0.2) is 15.9 Å². The normalized spacial score (nSPS) is 10.9. The summed E-state index contributed by atoms with van der Waals surface area (Å²) in [6, 6.07) is 15.9. The molecule has 0 fully saturated rings. The molecule has 6 nitrogen and oxygen atoms in total. The summed E-state index contributed by atoms with van der Waals surface area (Å²) < 4.78 is 5.42. The van der Waals surface area contributed by atoms with Gasteiger partial charge in [0.1, 0.15) is 5.76 Å². The van der Waals surface area contributed by atoms with Gasteiger partial charge in [0.15, 0.2) is 0 Å². The van der Waals surface area contributed by atoms with Gasteiger partial charge in [0, 0.05) is 21.8 Å². The van der Waals surface area contributed by atoms with Crippen LogP contribution in [-0.2, 0) is 13.1 Å². The number of nitrogens with one attached hydrogen (secondary N) is 2. The fourth-order valence-corrected chi connectivity index (χ4v) is 3.59. The number of nitrogens with zero attached hydrogens (tertiary/aromatic N) is 1. The molecule has 0 radical (unpaired) electrons. The fourth-order valence-electron chi connectivity index (χ4n) is 3.40. The maximum atomic E-state index is 13.0. The third kappa shape index (κ3) is 4.81. The van der Waals surface area contributed by atoms with E-state index in [4.69, 9.17) is 16.0 Å². The molecule has 2 amide bonds. The summed E-state index contributed by atoms with van der Waals surface area (Å²) in [4.78, 5) is 30.2. The first-order valence-corrected chi connectivity index (χ1v) is 10.2. The van der Waals surface area contributed by atoms with Crippen LogP contribution in [0.15, 0.2) is 70.1 Å². The van der Waals surface area contributed by atoms with Gasteiger partial charge in [0.25, 0.3) is 5.56 Å². The molecule has 2 N–H and O–H groups in total. The molecule has 4 rings (SSSR count). The highest BCUT2D eigenvalue weighted by molar-refractivity contribution is 6.30. The maximum absolute atomic E-state index is 13.0. The van der Waals surface area contributed by atoms with E-state index in [9.17, 15) is 9.59 Å². The highest BCUT2D eigenvalue weighted by atomic mass is 35.5. The predicted octanol–water partition coefficient (Wildman–Crippen LogP) is 5.63. The van der Waals surface area contributed by atoms with Crippen molar-refractivity contribution in [1.82, 2.24) is 9.88 Å². The van der Waals surface area contributed by atoms with Crippen molar-refractivity contribution in [2.45, 2.75) is 26.9 Å². The van der Waals surface area contributed by atoms with E-state index in [1.165, 1.54) is 4.90 Å². The lowest BCUT2D eigenvalue weighted by Gasteiger charge is -2.22. The first-order valence-electron chi connectivity index (χ1n) is 9.86. The number of benzene rings is 2. The number of furan rings is 1. The molecular weight excluding hydrogens is 414 g/mol. The molecule has 158 valence electrons. The first-order chi connectivity index (χ1) is 14.9. The Labute approximate surface area is 184 Å². The number of halogens is 1. The molecule has 4 aromatic rings. The lowest BCUT2D eigenvalue weighted by molar-refractivity contribution is 0.201. The summed E-state index contributed by atoms with van der Waals surface area (Å²) in [6.45, 7) is 4.36. The molecule has 2 aromatic heterocycles. The molecule has 0 aliphatic carbocycles. The van der Waals surface area contributed by atoms with Crippen molar-refractivity contribution in [3.63, 3.8) is 0 Å². The van der Waals surface area contributed by atoms with Crippen molar-refractivity contribution in [1.29, 1.82) is 0 Å². The van der Waals surface area contributed by atoms with Crippen molar-refractivity contribution in [3.05, 3.63) is 98.7 Å². The van der Waals surface area contributed by atoms with E-state index in [2.05, 4.69) is 10.3 Å². The second-order valence-corrected chi connectivity index (χ2v) is 7.96. The van der Waals surface area contributed by atoms with Crippen LogP contribution < -0.4 is 10.9 Å². The third-order valence-corrected chi connectivity index (χ3v) is 5.42. The average molecular weight is 436 g/mol. The third-order valence-electron chi connectivity index (χ3n) is 5.19. The standard InChI is InChI=1S/C24H22ClN3O3/c1-15-9-17-11-18(23(29)27-22(17)10-16(15)2)13-28(14-21-7-4-8-31-21)24(30)26-20-6-3-5-19(25)12-20/h3-12H,13-14H2,1-2H3,(H,26,30)(H,27,29). The molecular formula is C24H22ClN3O3. The molecule has 0 aliphatic heterocycles. The van der Waals surface area contributed by atoms with Gasteiger partial charge in [0.05, 0.1) is 19.4 Å². The van der Waals surface area contributed by atoms with Gasteiger partial charge in [-0.2, -0.15) is 0 Å². The van der Waals surface area contributed by atoms with Crippen molar-refractivity contribution in [2.24, 2.45) is 0 Å². The number of aromatic amines is 1. The van der Waals surface area contributed by atoms with Crippen molar-refractivity contribution >= 4 is 34.2 Å². The molecule has 2 aromatic carbocycles. The van der Waals surface area contributed by atoms with E-state index in [1.807, 2.05) is 32.0 Å². The van der Waals surface area contributed by atoms with E-state index < -0.39 is 0 Å². The van der Waals surface area contributed by atoms with Gasteiger partial charge < -0.3 is 19.6 Å². The molecule has 0 saturated carbocycles. The molecule has 0 aliphatic rings. The van der Waals surface area contributed by atoms with Crippen LogP contribution in [0.2, 0.25) is 5.02 Å². The molecule has 2 heterocycles. The second-order valence-electron chi connectivity index (χ2n) is 7.52. The van der Waals surface area contributed by atoms with Gasteiger partial charge in [-0.1, -0.05) is 17.7 Å². The quantitative estimate of drug-likeness (QED) is 0.426. The van der Waals surface area contributed by atoms with Gasteiger partial charge in [-0.15, -0.1) is 0 Å². The van der Waals surface area contributed by atoms with Crippen molar-refractivity contribution < 1.29 is 9.21 Å². The molecule has 31 heavy (non-hydrogen) atoms. The van der Waals surface area contributed by atoms with Gasteiger partial charge in [-0.3, -0.25) is 4.79 Å². The number of rotatable bonds is 5. The number of amides is 2. The Kier molecular flexibility index (Phi) is 5.82. The summed E-state index contributed by atoms with van der Waals surface area (Å²) in [5.74, 6) is 0.616. The number of aromatic nitrogens is 1. The Hall–Kier alpha value is -3.51. The zero-order valence-corrected chi connectivity index (χ0v) is 18.0. The van der Waals surface area contributed by atoms with Crippen molar-refractivity contribution in [3.8, 4) is 0 Å². The van der Waals surface area contributed by atoms with Gasteiger partial charge in [0.2, 0.25) is 0 Å². The largest absolute Gasteiger partial charge is 0.467 e. The number of pyridine rings is 1. The van der Waals surface area contributed by atoms with Crippen LogP contribution >= 0.6 is 11.6 Å². The number of fused-ring (bicyclic) bond motifs is 1. The molecule has 0 unspecified atom stereocenters.